The molecule has 1 fully saturated rings. The molecule has 1 atom stereocenters. The van der Waals surface area contributed by atoms with Crippen LogP contribution in [0.15, 0.2) is 16.7 Å². The number of methoxy groups -OCH3 is 1. The summed E-state index contributed by atoms with van der Waals surface area (Å²) in [7, 11) is -1.88. The summed E-state index contributed by atoms with van der Waals surface area (Å²) in [6.45, 7) is 4.09. The summed E-state index contributed by atoms with van der Waals surface area (Å²) >= 11 is 0. The maximum atomic E-state index is 12.4. The lowest BCUT2D eigenvalue weighted by Crippen LogP contribution is -2.51. The van der Waals surface area contributed by atoms with E-state index in [0.29, 0.717) is 38.3 Å². The van der Waals surface area contributed by atoms with Crippen molar-refractivity contribution in [3.8, 4) is 0 Å². The molecule has 23 heavy (non-hydrogen) atoms. The van der Waals surface area contributed by atoms with Crippen LogP contribution in [0, 0.1) is 0 Å². The molecule has 1 saturated heterocycles. The number of sulfonamides is 1. The number of carboxylic acid groups (broad SMARTS) is 1. The third-order valence-electron chi connectivity index (χ3n) is 3.94. The van der Waals surface area contributed by atoms with Crippen molar-refractivity contribution < 1.29 is 27.5 Å². The van der Waals surface area contributed by atoms with Gasteiger partial charge in [-0.1, -0.05) is 0 Å². The minimum atomic E-state index is -3.36. The molecule has 130 valence electrons. The van der Waals surface area contributed by atoms with Crippen molar-refractivity contribution >= 4 is 16.0 Å². The van der Waals surface area contributed by atoms with E-state index in [-0.39, 0.29) is 12.4 Å². The quantitative estimate of drug-likeness (QED) is 0.765. The van der Waals surface area contributed by atoms with Crippen molar-refractivity contribution in [1.82, 2.24) is 9.21 Å². The number of carboxylic acids is 1. The fourth-order valence-electron chi connectivity index (χ4n) is 2.61. The fraction of sp³-hybridized carbons (Fsp3) is 0.643. The van der Waals surface area contributed by atoms with Gasteiger partial charge in [0, 0.05) is 45.4 Å². The summed E-state index contributed by atoms with van der Waals surface area (Å²) in [4.78, 5) is 13.1. The van der Waals surface area contributed by atoms with E-state index >= 15 is 0 Å². The van der Waals surface area contributed by atoms with E-state index in [1.807, 2.05) is 4.90 Å². The standard InChI is InChI=1S/C14H22N2O6S/c1-11(10-21-2)23(19,20)16-6-4-15(5-7-16)9-12-3-8-22-13(12)14(17)18/h3,8,11H,4-7,9-10H2,1-2H3,(H,17,18). The molecule has 9 heteroatoms. The average Bonchev–Trinajstić information content (AvgIpc) is 2.96. The molecule has 0 spiro atoms. The maximum absolute atomic E-state index is 12.4. The summed E-state index contributed by atoms with van der Waals surface area (Å²) < 4.78 is 36.1. The van der Waals surface area contributed by atoms with Crippen LogP contribution in [-0.4, -0.2) is 73.8 Å². The second-order valence-corrected chi connectivity index (χ2v) is 7.92. The molecule has 1 aliphatic rings. The molecule has 0 amide bonds. The Bertz CT molecular complexity index is 633. The molecular formula is C14H22N2O6S. The molecule has 1 unspecified atom stereocenters. The van der Waals surface area contributed by atoms with Gasteiger partial charge in [0.15, 0.2) is 0 Å². The first-order valence-electron chi connectivity index (χ1n) is 7.36. The SMILES string of the molecule is COCC(C)S(=O)(=O)N1CCN(Cc2ccoc2C(=O)O)CC1. The van der Waals surface area contributed by atoms with E-state index in [2.05, 4.69) is 0 Å². The van der Waals surface area contributed by atoms with Crippen LogP contribution < -0.4 is 0 Å². The summed E-state index contributed by atoms with van der Waals surface area (Å²) in [5.74, 6) is -1.16. The number of nitrogens with zero attached hydrogens (tertiary/aromatic N) is 2. The Hall–Kier alpha value is -1.42. The highest BCUT2D eigenvalue weighted by atomic mass is 32.2. The number of hydrogen-bond donors (Lipinski definition) is 1. The second-order valence-electron chi connectivity index (χ2n) is 5.57. The predicted octanol–water partition coefficient (Wildman–Crippen LogP) is 0.460. The van der Waals surface area contributed by atoms with Crippen molar-refractivity contribution in [3.63, 3.8) is 0 Å². The normalized spacial score (nSPS) is 18.9. The highest BCUT2D eigenvalue weighted by Crippen LogP contribution is 2.17. The van der Waals surface area contributed by atoms with Crippen LogP contribution in [0.5, 0.6) is 0 Å². The largest absolute Gasteiger partial charge is 0.475 e. The van der Waals surface area contributed by atoms with Gasteiger partial charge in [0.1, 0.15) is 0 Å². The molecule has 0 bridgehead atoms. The Morgan fingerprint density at radius 1 is 1.39 bits per heavy atom. The van der Waals surface area contributed by atoms with Gasteiger partial charge in [0.05, 0.1) is 18.1 Å². The number of rotatable bonds is 7. The Morgan fingerprint density at radius 2 is 2.04 bits per heavy atom. The highest BCUT2D eigenvalue weighted by molar-refractivity contribution is 7.89. The van der Waals surface area contributed by atoms with Crippen LogP contribution in [0.3, 0.4) is 0 Å². The van der Waals surface area contributed by atoms with Crippen LogP contribution >= 0.6 is 0 Å². The molecule has 0 radical (unpaired) electrons. The molecule has 1 N–H and O–H groups in total. The van der Waals surface area contributed by atoms with Crippen LogP contribution in [0.25, 0.3) is 0 Å². The first kappa shape index (κ1) is 17.9. The zero-order valence-electron chi connectivity index (χ0n) is 13.3. The Labute approximate surface area is 135 Å². The number of furan rings is 1. The van der Waals surface area contributed by atoms with E-state index in [1.54, 1.807) is 13.0 Å². The minimum absolute atomic E-state index is 0.0613. The molecular weight excluding hydrogens is 324 g/mol. The zero-order chi connectivity index (χ0) is 17.0. The number of aromatic carboxylic acids is 1. The molecule has 2 rings (SSSR count). The molecule has 8 nitrogen and oxygen atoms in total. The van der Waals surface area contributed by atoms with Crippen LogP contribution in [0.4, 0.5) is 0 Å². The van der Waals surface area contributed by atoms with E-state index in [9.17, 15) is 13.2 Å². The van der Waals surface area contributed by atoms with Gasteiger partial charge in [-0.3, -0.25) is 4.90 Å². The molecule has 0 aliphatic carbocycles. The first-order valence-corrected chi connectivity index (χ1v) is 8.86. The van der Waals surface area contributed by atoms with E-state index < -0.39 is 21.2 Å². The van der Waals surface area contributed by atoms with Gasteiger partial charge in [-0.2, -0.15) is 4.31 Å². The Morgan fingerprint density at radius 3 is 2.61 bits per heavy atom. The summed E-state index contributed by atoms with van der Waals surface area (Å²) in [5, 5.41) is 8.46. The summed E-state index contributed by atoms with van der Waals surface area (Å²) in [6.07, 6.45) is 1.35. The fourth-order valence-corrected chi connectivity index (χ4v) is 4.10. The van der Waals surface area contributed by atoms with Crippen molar-refractivity contribution in [2.24, 2.45) is 0 Å². The van der Waals surface area contributed by atoms with Crippen molar-refractivity contribution in [2.75, 3.05) is 39.9 Å². The molecule has 2 heterocycles. The van der Waals surface area contributed by atoms with E-state index in [0.717, 1.165) is 0 Å². The van der Waals surface area contributed by atoms with Gasteiger partial charge in [0.25, 0.3) is 0 Å². The van der Waals surface area contributed by atoms with Crippen molar-refractivity contribution in [2.45, 2.75) is 18.7 Å². The van der Waals surface area contributed by atoms with Gasteiger partial charge in [0.2, 0.25) is 15.8 Å². The highest BCUT2D eigenvalue weighted by Gasteiger charge is 2.31. The smallest absolute Gasteiger partial charge is 0.372 e. The zero-order valence-corrected chi connectivity index (χ0v) is 14.1. The van der Waals surface area contributed by atoms with Gasteiger partial charge in [-0.15, -0.1) is 0 Å². The molecule has 0 aromatic carbocycles. The van der Waals surface area contributed by atoms with E-state index in [4.69, 9.17) is 14.3 Å². The lowest BCUT2D eigenvalue weighted by molar-refractivity contribution is 0.0658. The number of carbonyl (C=O) groups is 1. The predicted molar refractivity (Wildman–Crippen MR) is 82.8 cm³/mol. The first-order chi connectivity index (χ1) is 10.9. The van der Waals surface area contributed by atoms with Gasteiger partial charge >= 0.3 is 5.97 Å². The van der Waals surface area contributed by atoms with Crippen molar-refractivity contribution in [1.29, 1.82) is 0 Å². The number of piperazine rings is 1. The third-order valence-corrected chi connectivity index (χ3v) is 6.17. The summed E-state index contributed by atoms with van der Waals surface area (Å²) in [6, 6.07) is 1.63. The number of ether oxygens (including phenoxy) is 1. The van der Waals surface area contributed by atoms with Crippen LogP contribution in [0.2, 0.25) is 0 Å². The Balaban J connectivity index is 1.94. The van der Waals surface area contributed by atoms with E-state index in [1.165, 1.54) is 17.7 Å². The molecule has 1 aromatic heterocycles. The lowest BCUT2D eigenvalue weighted by atomic mass is 10.2. The molecule has 0 saturated carbocycles. The molecule has 1 aromatic rings. The van der Waals surface area contributed by atoms with Gasteiger partial charge < -0.3 is 14.3 Å². The molecule has 1 aliphatic heterocycles. The maximum Gasteiger partial charge on any atom is 0.372 e. The second kappa shape index (κ2) is 7.43. The number of hydrogen-bond acceptors (Lipinski definition) is 6. The van der Waals surface area contributed by atoms with Gasteiger partial charge in [-0.05, 0) is 13.0 Å². The minimum Gasteiger partial charge on any atom is -0.475 e. The van der Waals surface area contributed by atoms with Gasteiger partial charge in [-0.25, -0.2) is 13.2 Å². The topological polar surface area (TPSA) is 100 Å². The van der Waals surface area contributed by atoms with Crippen LogP contribution in [-0.2, 0) is 21.3 Å². The summed E-state index contributed by atoms with van der Waals surface area (Å²) in [5.41, 5.74) is 0.599. The Kier molecular flexibility index (Phi) is 5.79. The van der Waals surface area contributed by atoms with Crippen molar-refractivity contribution in [3.05, 3.63) is 23.7 Å². The third kappa shape index (κ3) is 4.11. The van der Waals surface area contributed by atoms with Crippen LogP contribution in [0.1, 0.15) is 23.0 Å². The lowest BCUT2D eigenvalue weighted by Gasteiger charge is -2.35. The monoisotopic (exact) mass is 346 g/mol. The average molecular weight is 346 g/mol.